The number of pyridine rings is 1. The summed E-state index contributed by atoms with van der Waals surface area (Å²) in [7, 11) is 1.36. The zero-order valence-corrected chi connectivity index (χ0v) is 12.1. The second-order valence-corrected chi connectivity index (χ2v) is 4.54. The third kappa shape index (κ3) is 3.51. The van der Waals surface area contributed by atoms with Crippen molar-refractivity contribution < 1.29 is 9.53 Å². The number of ether oxygens (including phenoxy) is 1. The lowest BCUT2D eigenvalue weighted by Gasteiger charge is -2.11. The number of aryl methyl sites for hydroxylation is 1. The van der Waals surface area contributed by atoms with Crippen LogP contribution in [-0.4, -0.2) is 17.6 Å². The van der Waals surface area contributed by atoms with Crippen molar-refractivity contribution in [1.82, 2.24) is 4.57 Å². The van der Waals surface area contributed by atoms with Gasteiger partial charge >= 0.3 is 5.97 Å². The Morgan fingerprint density at radius 1 is 1.24 bits per heavy atom. The predicted molar refractivity (Wildman–Crippen MR) is 81.5 cm³/mol. The number of methoxy groups -OCH3 is 1. The van der Waals surface area contributed by atoms with Crippen LogP contribution in [0.3, 0.4) is 0 Å². The number of anilines is 1. The SMILES string of the molecule is CCn1cc(NCc2ccccc2C(=O)OC)ccc1=O. The van der Waals surface area contributed by atoms with Crippen LogP contribution in [0.5, 0.6) is 0 Å². The lowest BCUT2D eigenvalue weighted by molar-refractivity contribution is 0.0599. The van der Waals surface area contributed by atoms with E-state index < -0.39 is 0 Å². The Hall–Kier alpha value is -2.56. The summed E-state index contributed by atoms with van der Waals surface area (Å²) in [6.45, 7) is 3.01. The summed E-state index contributed by atoms with van der Waals surface area (Å²) in [5, 5.41) is 3.21. The summed E-state index contributed by atoms with van der Waals surface area (Å²) in [6.07, 6.45) is 1.77. The van der Waals surface area contributed by atoms with E-state index >= 15 is 0 Å². The smallest absolute Gasteiger partial charge is 0.338 e. The van der Waals surface area contributed by atoms with Crippen LogP contribution < -0.4 is 10.9 Å². The fourth-order valence-corrected chi connectivity index (χ4v) is 2.06. The topological polar surface area (TPSA) is 60.3 Å². The molecule has 0 spiro atoms. The minimum absolute atomic E-state index is 0.0296. The third-order valence-electron chi connectivity index (χ3n) is 3.23. The van der Waals surface area contributed by atoms with Gasteiger partial charge in [-0.15, -0.1) is 0 Å². The fourth-order valence-electron chi connectivity index (χ4n) is 2.06. The molecular formula is C16H18N2O3. The summed E-state index contributed by atoms with van der Waals surface area (Å²) in [6, 6.07) is 10.5. The van der Waals surface area contributed by atoms with E-state index in [0.717, 1.165) is 11.3 Å². The Morgan fingerprint density at radius 3 is 2.71 bits per heavy atom. The molecule has 0 radical (unpaired) electrons. The monoisotopic (exact) mass is 286 g/mol. The van der Waals surface area contributed by atoms with Gasteiger partial charge in [0.25, 0.3) is 5.56 Å². The molecule has 0 amide bonds. The van der Waals surface area contributed by atoms with Crippen LogP contribution in [0.4, 0.5) is 5.69 Å². The largest absolute Gasteiger partial charge is 0.465 e. The number of nitrogens with one attached hydrogen (secondary N) is 1. The summed E-state index contributed by atoms with van der Waals surface area (Å²) in [5.41, 5.74) is 2.18. The highest BCUT2D eigenvalue weighted by Crippen LogP contribution is 2.13. The summed E-state index contributed by atoms with van der Waals surface area (Å²) >= 11 is 0. The van der Waals surface area contributed by atoms with Gasteiger partial charge in [0.15, 0.2) is 0 Å². The average molecular weight is 286 g/mol. The lowest BCUT2D eigenvalue weighted by Crippen LogP contribution is -2.18. The zero-order valence-electron chi connectivity index (χ0n) is 12.1. The van der Waals surface area contributed by atoms with Crippen molar-refractivity contribution in [3.8, 4) is 0 Å². The quantitative estimate of drug-likeness (QED) is 0.857. The zero-order chi connectivity index (χ0) is 15.2. The first-order chi connectivity index (χ1) is 10.2. The van der Waals surface area contributed by atoms with Crippen molar-refractivity contribution in [3.63, 3.8) is 0 Å². The van der Waals surface area contributed by atoms with E-state index in [4.69, 9.17) is 4.74 Å². The van der Waals surface area contributed by atoms with Crippen LogP contribution in [-0.2, 0) is 17.8 Å². The van der Waals surface area contributed by atoms with Crippen LogP contribution in [0.1, 0.15) is 22.8 Å². The summed E-state index contributed by atoms with van der Waals surface area (Å²) in [4.78, 5) is 23.2. The van der Waals surface area contributed by atoms with Gasteiger partial charge in [0, 0.05) is 25.4 Å². The maximum absolute atomic E-state index is 11.7. The molecule has 0 atom stereocenters. The number of hydrogen-bond donors (Lipinski definition) is 1. The van der Waals surface area contributed by atoms with Crippen LogP contribution in [0.2, 0.25) is 0 Å². The summed E-state index contributed by atoms with van der Waals surface area (Å²) < 4.78 is 6.39. The molecule has 1 N–H and O–H groups in total. The van der Waals surface area contributed by atoms with Crippen LogP contribution in [0, 0.1) is 0 Å². The van der Waals surface area contributed by atoms with Crippen LogP contribution >= 0.6 is 0 Å². The van der Waals surface area contributed by atoms with Gasteiger partial charge in [-0.05, 0) is 24.6 Å². The molecule has 0 unspecified atom stereocenters. The lowest BCUT2D eigenvalue weighted by atomic mass is 10.1. The van der Waals surface area contributed by atoms with Gasteiger partial charge < -0.3 is 14.6 Å². The molecule has 0 fully saturated rings. The molecule has 1 heterocycles. The molecule has 21 heavy (non-hydrogen) atoms. The maximum Gasteiger partial charge on any atom is 0.338 e. The fraction of sp³-hybridized carbons (Fsp3) is 0.250. The minimum atomic E-state index is -0.356. The van der Waals surface area contributed by atoms with Gasteiger partial charge in [0.05, 0.1) is 18.4 Å². The number of benzene rings is 1. The van der Waals surface area contributed by atoms with Gasteiger partial charge in [0.2, 0.25) is 0 Å². The molecule has 0 saturated carbocycles. The Labute approximate surface area is 123 Å². The van der Waals surface area contributed by atoms with Gasteiger partial charge in [-0.3, -0.25) is 4.79 Å². The predicted octanol–water partition coefficient (Wildman–Crippen LogP) is 2.27. The number of nitrogens with zero attached hydrogens (tertiary/aromatic N) is 1. The number of aromatic nitrogens is 1. The van der Waals surface area contributed by atoms with Crippen LogP contribution in [0.15, 0.2) is 47.4 Å². The van der Waals surface area contributed by atoms with Crippen molar-refractivity contribution in [3.05, 3.63) is 64.1 Å². The van der Waals surface area contributed by atoms with E-state index in [9.17, 15) is 9.59 Å². The van der Waals surface area contributed by atoms with Crippen molar-refractivity contribution in [2.45, 2.75) is 20.0 Å². The van der Waals surface area contributed by atoms with E-state index in [0.29, 0.717) is 18.7 Å². The summed E-state index contributed by atoms with van der Waals surface area (Å²) in [5.74, 6) is -0.356. The van der Waals surface area contributed by atoms with E-state index in [1.165, 1.54) is 13.2 Å². The van der Waals surface area contributed by atoms with E-state index in [2.05, 4.69) is 5.32 Å². The second-order valence-electron chi connectivity index (χ2n) is 4.54. The van der Waals surface area contributed by atoms with E-state index in [1.807, 2.05) is 19.1 Å². The Balaban J connectivity index is 2.17. The average Bonchev–Trinajstić information content (AvgIpc) is 2.53. The molecule has 0 aliphatic rings. The first kappa shape index (κ1) is 14.8. The van der Waals surface area contributed by atoms with Gasteiger partial charge in [-0.2, -0.15) is 0 Å². The van der Waals surface area contributed by atoms with E-state index in [1.54, 1.807) is 29.0 Å². The van der Waals surface area contributed by atoms with Crippen molar-refractivity contribution >= 4 is 11.7 Å². The van der Waals surface area contributed by atoms with Gasteiger partial charge in [0.1, 0.15) is 0 Å². The first-order valence-electron chi connectivity index (χ1n) is 6.76. The highest BCUT2D eigenvalue weighted by molar-refractivity contribution is 5.91. The Kier molecular flexibility index (Phi) is 4.77. The molecule has 0 aliphatic heterocycles. The van der Waals surface area contributed by atoms with Gasteiger partial charge in [-0.1, -0.05) is 18.2 Å². The standard InChI is InChI=1S/C16H18N2O3/c1-3-18-11-13(8-9-15(18)19)17-10-12-6-4-5-7-14(12)16(20)21-2/h4-9,11,17H,3,10H2,1-2H3. The van der Waals surface area contributed by atoms with Crippen LogP contribution in [0.25, 0.3) is 0 Å². The number of carbonyl (C=O) groups excluding carboxylic acids is 1. The molecule has 1 aromatic heterocycles. The number of carbonyl (C=O) groups is 1. The minimum Gasteiger partial charge on any atom is -0.465 e. The Morgan fingerprint density at radius 2 is 2.00 bits per heavy atom. The molecule has 1 aromatic carbocycles. The normalized spacial score (nSPS) is 10.2. The highest BCUT2D eigenvalue weighted by Gasteiger charge is 2.10. The van der Waals surface area contributed by atoms with Crippen molar-refractivity contribution in [2.24, 2.45) is 0 Å². The Bertz CT molecular complexity index is 692. The molecule has 0 bridgehead atoms. The highest BCUT2D eigenvalue weighted by atomic mass is 16.5. The van der Waals surface area contributed by atoms with E-state index in [-0.39, 0.29) is 11.5 Å². The molecule has 2 aromatic rings. The maximum atomic E-state index is 11.7. The molecule has 5 nitrogen and oxygen atoms in total. The van der Waals surface area contributed by atoms with Crippen molar-refractivity contribution in [2.75, 3.05) is 12.4 Å². The second kappa shape index (κ2) is 6.74. The van der Waals surface area contributed by atoms with Gasteiger partial charge in [-0.25, -0.2) is 4.79 Å². The molecule has 110 valence electrons. The number of rotatable bonds is 5. The molecule has 0 aliphatic carbocycles. The molecule has 2 rings (SSSR count). The first-order valence-corrected chi connectivity index (χ1v) is 6.76. The molecule has 5 heteroatoms. The van der Waals surface area contributed by atoms with Crippen molar-refractivity contribution in [1.29, 1.82) is 0 Å². The number of hydrogen-bond acceptors (Lipinski definition) is 4. The molecular weight excluding hydrogens is 268 g/mol. The number of esters is 1. The third-order valence-corrected chi connectivity index (χ3v) is 3.23. The molecule has 0 saturated heterocycles.